The van der Waals surface area contributed by atoms with Crippen molar-refractivity contribution < 1.29 is 37.7 Å². The Labute approximate surface area is 181 Å². The molecule has 8 nitrogen and oxygen atoms in total. The zero-order valence-corrected chi connectivity index (χ0v) is 17.1. The lowest BCUT2D eigenvalue weighted by Crippen LogP contribution is -2.58. The second kappa shape index (κ2) is 7.23. The van der Waals surface area contributed by atoms with Crippen LogP contribution in [-0.4, -0.2) is 43.5 Å². The SMILES string of the molecule is CCCCc1ccc(O)c2c1CC1CC3CC(=O)C(C(N)=O)=C(O)[C@@]3(O)C(=O)C1=C2O.[HH].[HH]. The zero-order valence-electron chi connectivity index (χ0n) is 17.1. The summed E-state index contributed by atoms with van der Waals surface area (Å²) in [5, 5.41) is 43.1. The highest BCUT2D eigenvalue weighted by atomic mass is 16.3. The standard InChI is InChI=1S/C23H25NO7.2H2/c1-2-3-4-10-5-6-14(25)17-13(10)8-11-7-12-9-15(26)18(22(24)30)21(29)23(12,31)20(28)16(11)19(17)27;;/h5-6,11-12,25,27,29,31H,2-4,7-9H2,1H3,(H2,24,30);2*1H/t11?,12?,23-;;/m0../s1. The second-order valence-corrected chi connectivity index (χ2v) is 8.61. The number of aliphatic hydroxyl groups excluding tert-OH is 2. The number of ketones is 2. The molecule has 2 unspecified atom stereocenters. The molecule has 0 radical (unpaired) electrons. The number of benzene rings is 1. The van der Waals surface area contributed by atoms with Crippen LogP contribution < -0.4 is 5.73 Å². The van der Waals surface area contributed by atoms with Crippen molar-refractivity contribution in [3.8, 4) is 5.75 Å². The molecular weight excluding hydrogens is 402 g/mol. The van der Waals surface area contributed by atoms with Crippen LogP contribution in [0.3, 0.4) is 0 Å². The molecule has 0 saturated heterocycles. The van der Waals surface area contributed by atoms with Gasteiger partial charge in [0.05, 0.1) is 5.56 Å². The first-order valence-corrected chi connectivity index (χ1v) is 10.4. The molecule has 1 saturated carbocycles. The van der Waals surface area contributed by atoms with Crippen molar-refractivity contribution >= 4 is 23.2 Å². The number of hydrogen-bond donors (Lipinski definition) is 5. The molecule has 4 rings (SSSR count). The minimum atomic E-state index is -2.52. The third-order valence-electron chi connectivity index (χ3n) is 6.84. The summed E-state index contributed by atoms with van der Waals surface area (Å²) < 4.78 is 0. The van der Waals surface area contributed by atoms with Gasteiger partial charge in [0, 0.05) is 20.8 Å². The number of aliphatic hydroxyl groups is 3. The molecule has 1 fully saturated rings. The van der Waals surface area contributed by atoms with Crippen LogP contribution in [0.15, 0.2) is 29.0 Å². The third-order valence-corrected chi connectivity index (χ3v) is 6.84. The van der Waals surface area contributed by atoms with E-state index in [2.05, 4.69) is 6.92 Å². The molecule has 3 atom stereocenters. The maximum Gasteiger partial charge on any atom is 0.255 e. The Balaban J connectivity index is 0.00000193. The molecule has 1 aromatic rings. The van der Waals surface area contributed by atoms with E-state index < -0.39 is 52.0 Å². The molecule has 1 aromatic carbocycles. The quantitative estimate of drug-likeness (QED) is 0.457. The largest absolute Gasteiger partial charge is 0.508 e. The van der Waals surface area contributed by atoms with Crippen LogP contribution in [0.1, 0.15) is 52.2 Å². The first-order chi connectivity index (χ1) is 14.6. The summed E-state index contributed by atoms with van der Waals surface area (Å²) in [5.74, 6) is -6.05. The highest BCUT2D eigenvalue weighted by Crippen LogP contribution is 2.52. The minimum absolute atomic E-state index is 0. The van der Waals surface area contributed by atoms with Gasteiger partial charge < -0.3 is 26.2 Å². The lowest BCUT2D eigenvalue weighted by atomic mass is 9.59. The number of phenolic OH excluding ortho intramolecular Hbond substituents is 1. The topological polar surface area (TPSA) is 158 Å². The minimum Gasteiger partial charge on any atom is -0.508 e. The second-order valence-electron chi connectivity index (χ2n) is 8.61. The molecule has 168 valence electrons. The summed E-state index contributed by atoms with van der Waals surface area (Å²) >= 11 is 0. The van der Waals surface area contributed by atoms with Gasteiger partial charge in [-0.15, -0.1) is 0 Å². The number of carbonyl (C=O) groups excluding carboxylic acids is 3. The normalized spacial score (nSPS) is 27.7. The summed E-state index contributed by atoms with van der Waals surface area (Å²) in [6.45, 7) is 2.06. The highest BCUT2D eigenvalue weighted by Gasteiger charge is 2.60. The number of aromatic hydroxyl groups is 1. The Kier molecular flexibility index (Phi) is 4.93. The molecule has 0 heterocycles. The number of unbranched alkanes of at least 4 members (excludes halogenated alkanes) is 1. The zero-order chi connectivity index (χ0) is 22.7. The molecule has 0 aliphatic heterocycles. The third kappa shape index (κ3) is 2.89. The van der Waals surface area contributed by atoms with Gasteiger partial charge in [-0.1, -0.05) is 19.4 Å². The molecule has 1 amide bonds. The fraction of sp³-hybridized carbons (Fsp3) is 0.435. The smallest absolute Gasteiger partial charge is 0.255 e. The summed E-state index contributed by atoms with van der Waals surface area (Å²) in [7, 11) is 0. The average molecular weight is 431 g/mol. The van der Waals surface area contributed by atoms with Crippen LogP contribution in [-0.2, 0) is 27.2 Å². The highest BCUT2D eigenvalue weighted by molar-refractivity contribution is 6.22. The lowest BCUT2D eigenvalue weighted by molar-refractivity contribution is -0.147. The number of aryl methyl sites for hydroxylation is 1. The van der Waals surface area contributed by atoms with E-state index in [1.54, 1.807) is 6.07 Å². The predicted octanol–water partition coefficient (Wildman–Crippen LogP) is 2.26. The van der Waals surface area contributed by atoms with E-state index in [1.165, 1.54) is 6.07 Å². The van der Waals surface area contributed by atoms with Gasteiger partial charge in [-0.25, -0.2) is 0 Å². The van der Waals surface area contributed by atoms with Gasteiger partial charge in [-0.05, 0) is 48.8 Å². The average Bonchev–Trinajstić information content (AvgIpc) is 2.70. The fourth-order valence-electron chi connectivity index (χ4n) is 5.29. The molecule has 31 heavy (non-hydrogen) atoms. The number of amides is 1. The molecule has 0 bridgehead atoms. The van der Waals surface area contributed by atoms with Crippen molar-refractivity contribution in [3.63, 3.8) is 0 Å². The number of phenols is 1. The van der Waals surface area contributed by atoms with Crippen LogP contribution in [0.2, 0.25) is 0 Å². The van der Waals surface area contributed by atoms with Gasteiger partial charge in [0.25, 0.3) is 5.91 Å². The van der Waals surface area contributed by atoms with E-state index in [0.717, 1.165) is 30.4 Å². The summed E-state index contributed by atoms with van der Waals surface area (Å²) in [4.78, 5) is 37.4. The summed E-state index contributed by atoms with van der Waals surface area (Å²) in [6, 6.07) is 3.27. The Morgan fingerprint density at radius 3 is 2.58 bits per heavy atom. The summed E-state index contributed by atoms with van der Waals surface area (Å²) in [5.41, 5.74) is 3.62. The molecule has 0 spiro atoms. The van der Waals surface area contributed by atoms with E-state index in [0.29, 0.717) is 6.42 Å². The summed E-state index contributed by atoms with van der Waals surface area (Å²) in [6.07, 6.45) is 2.82. The van der Waals surface area contributed by atoms with Crippen LogP contribution in [0.25, 0.3) is 5.76 Å². The Morgan fingerprint density at radius 1 is 1.23 bits per heavy atom. The van der Waals surface area contributed by atoms with Crippen LogP contribution in [0.5, 0.6) is 5.75 Å². The van der Waals surface area contributed by atoms with Gasteiger partial charge in [-0.3, -0.25) is 14.4 Å². The van der Waals surface area contributed by atoms with Gasteiger partial charge in [0.15, 0.2) is 11.4 Å². The first-order valence-electron chi connectivity index (χ1n) is 10.4. The van der Waals surface area contributed by atoms with E-state index in [4.69, 9.17) is 5.73 Å². The van der Waals surface area contributed by atoms with Crippen molar-refractivity contribution in [2.45, 2.75) is 51.0 Å². The maximum atomic E-state index is 13.4. The molecule has 8 heteroatoms. The van der Waals surface area contributed by atoms with E-state index >= 15 is 0 Å². The van der Waals surface area contributed by atoms with Crippen molar-refractivity contribution in [1.82, 2.24) is 0 Å². The van der Waals surface area contributed by atoms with Crippen LogP contribution in [0, 0.1) is 11.8 Å². The van der Waals surface area contributed by atoms with Crippen LogP contribution in [0.4, 0.5) is 0 Å². The number of carbonyl (C=O) groups is 3. The Bertz CT molecular complexity index is 1090. The number of Topliss-reactive ketones (excluding diaryl/α,β-unsaturated/α-hetero) is 2. The lowest BCUT2D eigenvalue weighted by Gasteiger charge is -2.46. The van der Waals surface area contributed by atoms with E-state index in [9.17, 15) is 34.8 Å². The fourth-order valence-corrected chi connectivity index (χ4v) is 5.29. The Hall–Kier alpha value is -3.13. The predicted molar refractivity (Wildman–Crippen MR) is 114 cm³/mol. The van der Waals surface area contributed by atoms with Crippen molar-refractivity contribution in [3.05, 3.63) is 45.7 Å². The van der Waals surface area contributed by atoms with Crippen molar-refractivity contribution in [2.24, 2.45) is 17.6 Å². The van der Waals surface area contributed by atoms with Crippen molar-refractivity contribution in [1.29, 1.82) is 0 Å². The van der Waals surface area contributed by atoms with Gasteiger partial charge in [0.2, 0.25) is 5.78 Å². The molecule has 0 aromatic heterocycles. The molecular formula is C23H29NO7. The van der Waals surface area contributed by atoms with E-state index in [-0.39, 0.29) is 32.6 Å². The van der Waals surface area contributed by atoms with Crippen LogP contribution >= 0.6 is 0 Å². The van der Waals surface area contributed by atoms with Crippen molar-refractivity contribution in [2.75, 3.05) is 0 Å². The number of fused-ring (bicyclic) bond motifs is 3. The maximum absolute atomic E-state index is 13.4. The molecule has 3 aliphatic rings. The number of hydrogen-bond acceptors (Lipinski definition) is 7. The molecule has 6 N–H and O–H groups in total. The van der Waals surface area contributed by atoms with E-state index in [1.807, 2.05) is 0 Å². The first kappa shape index (κ1) is 21.1. The number of primary amides is 1. The van der Waals surface area contributed by atoms with Gasteiger partial charge in [0.1, 0.15) is 22.8 Å². The monoisotopic (exact) mass is 431 g/mol. The number of nitrogens with two attached hydrogens (primary N) is 1. The number of rotatable bonds is 4. The molecule has 3 aliphatic carbocycles. The van der Waals surface area contributed by atoms with Gasteiger partial charge in [-0.2, -0.15) is 0 Å². The van der Waals surface area contributed by atoms with Gasteiger partial charge >= 0.3 is 0 Å². The Morgan fingerprint density at radius 2 is 1.94 bits per heavy atom.